The van der Waals surface area contributed by atoms with Gasteiger partial charge in [-0.1, -0.05) is 65.3 Å². The molecule has 140 valence electrons. The molecule has 1 N–H and O–H groups in total. The predicted octanol–water partition coefficient (Wildman–Crippen LogP) is 6.06. The molecule has 0 unspecified atom stereocenters. The van der Waals surface area contributed by atoms with E-state index in [1.807, 2.05) is 54.6 Å². The molecular formula is C21H15Cl2N3OS. The zero-order valence-electron chi connectivity index (χ0n) is 14.6. The summed E-state index contributed by atoms with van der Waals surface area (Å²) in [4.78, 5) is 17.1. The van der Waals surface area contributed by atoms with Crippen LogP contribution in [0, 0.1) is 0 Å². The number of para-hydroxylation sites is 3. The molecule has 4 aromatic rings. The van der Waals surface area contributed by atoms with Crippen LogP contribution in [0.25, 0.3) is 16.7 Å². The average Bonchev–Trinajstić information content (AvgIpc) is 3.08. The Hall–Kier alpha value is -2.47. The average molecular weight is 428 g/mol. The molecule has 0 bridgehead atoms. The Labute approximate surface area is 176 Å². The van der Waals surface area contributed by atoms with E-state index in [9.17, 15) is 4.79 Å². The lowest BCUT2D eigenvalue weighted by Gasteiger charge is -2.10. The summed E-state index contributed by atoms with van der Waals surface area (Å²) in [5, 5.41) is 4.51. The molecule has 0 aliphatic carbocycles. The number of fused-ring (bicyclic) bond motifs is 1. The smallest absolute Gasteiger partial charge is 0.234 e. The van der Waals surface area contributed by atoms with Crippen LogP contribution < -0.4 is 5.32 Å². The van der Waals surface area contributed by atoms with Gasteiger partial charge in [0.25, 0.3) is 0 Å². The number of anilines is 1. The van der Waals surface area contributed by atoms with E-state index in [-0.39, 0.29) is 11.7 Å². The van der Waals surface area contributed by atoms with Crippen molar-refractivity contribution in [1.82, 2.24) is 9.55 Å². The monoisotopic (exact) mass is 427 g/mol. The SMILES string of the molecule is O=C(CSc1nc2ccccc2n1-c1ccccc1)Nc1cc(Cl)ccc1Cl. The molecule has 4 rings (SSSR count). The lowest BCUT2D eigenvalue weighted by molar-refractivity contribution is -0.113. The van der Waals surface area contributed by atoms with E-state index in [0.717, 1.165) is 21.9 Å². The van der Waals surface area contributed by atoms with Gasteiger partial charge in [0.15, 0.2) is 5.16 Å². The molecule has 0 spiro atoms. The Kier molecular flexibility index (Phi) is 5.57. The minimum absolute atomic E-state index is 0.180. The highest BCUT2D eigenvalue weighted by Crippen LogP contribution is 2.29. The Bertz CT molecular complexity index is 1150. The first-order valence-corrected chi connectivity index (χ1v) is 10.3. The summed E-state index contributed by atoms with van der Waals surface area (Å²) >= 11 is 13.5. The molecular weight excluding hydrogens is 413 g/mol. The summed E-state index contributed by atoms with van der Waals surface area (Å²) in [6.45, 7) is 0. The number of rotatable bonds is 5. The standard InChI is InChI=1S/C21H15Cl2N3OS/c22-14-10-11-16(23)18(12-14)24-20(27)13-28-21-25-17-8-4-5-9-19(17)26(21)15-6-2-1-3-7-15/h1-12H,13H2,(H,24,27). The first kappa shape index (κ1) is 18.9. The van der Waals surface area contributed by atoms with Gasteiger partial charge in [-0.3, -0.25) is 9.36 Å². The number of hydrogen-bond donors (Lipinski definition) is 1. The molecule has 0 saturated heterocycles. The molecule has 0 atom stereocenters. The van der Waals surface area contributed by atoms with Crippen molar-refractivity contribution in [2.24, 2.45) is 0 Å². The van der Waals surface area contributed by atoms with Gasteiger partial charge < -0.3 is 5.32 Å². The summed E-state index contributed by atoms with van der Waals surface area (Å²) in [5.41, 5.74) is 3.37. The van der Waals surface area contributed by atoms with Crippen molar-refractivity contribution >= 4 is 57.6 Å². The molecule has 0 radical (unpaired) electrons. The van der Waals surface area contributed by atoms with E-state index in [0.29, 0.717) is 15.7 Å². The van der Waals surface area contributed by atoms with Crippen LogP contribution in [0.2, 0.25) is 10.0 Å². The van der Waals surface area contributed by atoms with Crippen molar-refractivity contribution in [2.45, 2.75) is 5.16 Å². The maximum atomic E-state index is 12.4. The van der Waals surface area contributed by atoms with Gasteiger partial charge in [0.2, 0.25) is 5.91 Å². The maximum absolute atomic E-state index is 12.4. The highest BCUT2D eigenvalue weighted by atomic mass is 35.5. The van der Waals surface area contributed by atoms with Gasteiger partial charge in [0.05, 0.1) is 27.5 Å². The molecule has 1 amide bonds. The second kappa shape index (κ2) is 8.27. The van der Waals surface area contributed by atoms with Gasteiger partial charge in [-0.25, -0.2) is 4.98 Å². The Morgan fingerprint density at radius 3 is 2.57 bits per heavy atom. The highest BCUT2D eigenvalue weighted by Gasteiger charge is 2.15. The molecule has 7 heteroatoms. The fourth-order valence-corrected chi connectivity index (χ4v) is 4.00. The Morgan fingerprint density at radius 2 is 1.75 bits per heavy atom. The summed E-state index contributed by atoms with van der Waals surface area (Å²) in [7, 11) is 0. The normalized spacial score (nSPS) is 10.9. The van der Waals surface area contributed by atoms with Crippen molar-refractivity contribution in [3.05, 3.63) is 82.8 Å². The van der Waals surface area contributed by atoms with Crippen molar-refractivity contribution < 1.29 is 4.79 Å². The molecule has 1 aromatic heterocycles. The number of nitrogens with zero attached hydrogens (tertiary/aromatic N) is 2. The molecule has 1 heterocycles. The molecule has 4 nitrogen and oxygen atoms in total. The molecule has 3 aromatic carbocycles. The van der Waals surface area contributed by atoms with E-state index < -0.39 is 0 Å². The predicted molar refractivity (Wildman–Crippen MR) is 117 cm³/mol. The number of aromatic nitrogens is 2. The largest absolute Gasteiger partial charge is 0.324 e. The first-order chi connectivity index (χ1) is 13.6. The van der Waals surface area contributed by atoms with Crippen LogP contribution in [0.3, 0.4) is 0 Å². The van der Waals surface area contributed by atoms with Crippen molar-refractivity contribution in [2.75, 3.05) is 11.1 Å². The number of hydrogen-bond acceptors (Lipinski definition) is 3. The summed E-state index contributed by atoms with van der Waals surface area (Å²) < 4.78 is 2.06. The fourth-order valence-electron chi connectivity index (χ4n) is 2.84. The van der Waals surface area contributed by atoms with Crippen molar-refractivity contribution in [3.8, 4) is 5.69 Å². The maximum Gasteiger partial charge on any atom is 0.234 e. The van der Waals surface area contributed by atoms with Crippen LogP contribution in [-0.4, -0.2) is 21.2 Å². The number of carbonyl (C=O) groups excluding carboxylic acids is 1. The summed E-state index contributed by atoms with van der Waals surface area (Å²) in [6, 6.07) is 22.8. The number of carbonyl (C=O) groups is 1. The van der Waals surface area contributed by atoms with Crippen molar-refractivity contribution in [1.29, 1.82) is 0 Å². The van der Waals surface area contributed by atoms with E-state index in [1.54, 1.807) is 18.2 Å². The van der Waals surface area contributed by atoms with Crippen LogP contribution in [0.15, 0.2) is 78.0 Å². The minimum Gasteiger partial charge on any atom is -0.324 e. The summed E-state index contributed by atoms with van der Waals surface area (Å²) in [6.07, 6.45) is 0. The van der Waals surface area contributed by atoms with Crippen LogP contribution in [0.5, 0.6) is 0 Å². The molecule has 0 saturated carbocycles. The molecule has 0 aliphatic heterocycles. The lowest BCUT2D eigenvalue weighted by atomic mass is 10.3. The Morgan fingerprint density at radius 1 is 1.00 bits per heavy atom. The number of nitrogens with one attached hydrogen (secondary N) is 1. The quantitative estimate of drug-likeness (QED) is 0.393. The fraction of sp³-hybridized carbons (Fsp3) is 0.0476. The number of amides is 1. The van der Waals surface area contributed by atoms with Gasteiger partial charge in [-0.2, -0.15) is 0 Å². The molecule has 0 fully saturated rings. The van der Waals surface area contributed by atoms with Gasteiger partial charge in [-0.05, 0) is 42.5 Å². The zero-order valence-corrected chi connectivity index (χ0v) is 16.9. The van der Waals surface area contributed by atoms with Gasteiger partial charge in [0, 0.05) is 10.7 Å². The van der Waals surface area contributed by atoms with Crippen LogP contribution >= 0.6 is 35.0 Å². The third-order valence-electron chi connectivity index (χ3n) is 4.08. The molecule has 28 heavy (non-hydrogen) atoms. The van der Waals surface area contributed by atoms with Crippen molar-refractivity contribution in [3.63, 3.8) is 0 Å². The van der Waals surface area contributed by atoms with E-state index in [1.165, 1.54) is 11.8 Å². The minimum atomic E-state index is -0.180. The first-order valence-electron chi connectivity index (χ1n) is 8.52. The second-order valence-electron chi connectivity index (χ2n) is 6.02. The number of halogens is 2. The van der Waals surface area contributed by atoms with Crippen LogP contribution in [-0.2, 0) is 4.79 Å². The Balaban J connectivity index is 1.58. The summed E-state index contributed by atoms with van der Waals surface area (Å²) in [5.74, 6) is 0.0137. The highest BCUT2D eigenvalue weighted by molar-refractivity contribution is 7.99. The van der Waals surface area contributed by atoms with E-state index >= 15 is 0 Å². The third-order valence-corrected chi connectivity index (χ3v) is 5.58. The number of thioether (sulfide) groups is 1. The lowest BCUT2D eigenvalue weighted by Crippen LogP contribution is -2.14. The van der Waals surface area contributed by atoms with Crippen LogP contribution in [0.4, 0.5) is 5.69 Å². The van der Waals surface area contributed by atoms with Gasteiger partial charge in [-0.15, -0.1) is 0 Å². The van der Waals surface area contributed by atoms with Gasteiger partial charge >= 0.3 is 0 Å². The topological polar surface area (TPSA) is 46.9 Å². The van der Waals surface area contributed by atoms with Gasteiger partial charge in [0.1, 0.15) is 0 Å². The second-order valence-corrected chi connectivity index (χ2v) is 7.80. The third kappa shape index (κ3) is 4.02. The van der Waals surface area contributed by atoms with E-state index in [4.69, 9.17) is 28.2 Å². The number of imidazole rings is 1. The van der Waals surface area contributed by atoms with E-state index in [2.05, 4.69) is 9.88 Å². The number of benzene rings is 3. The molecule has 0 aliphatic rings. The van der Waals surface area contributed by atoms with Crippen LogP contribution in [0.1, 0.15) is 0 Å². The zero-order chi connectivity index (χ0) is 19.5.